The molecule has 1 aliphatic rings. The Morgan fingerprint density at radius 2 is 2.35 bits per heavy atom. The Balaban J connectivity index is 2.06. The van der Waals surface area contributed by atoms with Gasteiger partial charge in [0, 0.05) is 6.61 Å². The van der Waals surface area contributed by atoms with E-state index in [2.05, 4.69) is 5.32 Å². The van der Waals surface area contributed by atoms with E-state index in [0.29, 0.717) is 12.2 Å². The topological polar surface area (TPSA) is 38.3 Å². The zero-order chi connectivity index (χ0) is 12.3. The second-order valence-corrected chi connectivity index (χ2v) is 4.32. The van der Waals surface area contributed by atoms with Crippen molar-refractivity contribution in [3.63, 3.8) is 0 Å². The predicted molar refractivity (Wildman–Crippen MR) is 62.4 cm³/mol. The fraction of sp³-hybridized carbons (Fsp3) is 0.462. The van der Waals surface area contributed by atoms with Gasteiger partial charge in [0.05, 0.1) is 18.2 Å². The molecule has 1 N–H and O–H groups in total. The van der Waals surface area contributed by atoms with Gasteiger partial charge < -0.3 is 10.1 Å². The van der Waals surface area contributed by atoms with Gasteiger partial charge in [0.2, 0.25) is 0 Å². The standard InChI is InChI=1S/C13H16FNO2/c1-9-4-2-6-11(12(9)14)13(16)15-10-5-3-7-17-8-10/h2,4,6,10H,3,5,7-8H2,1H3,(H,15,16). The molecule has 1 atom stereocenters. The molecule has 0 bridgehead atoms. The van der Waals surface area contributed by atoms with Crippen LogP contribution in [-0.4, -0.2) is 25.2 Å². The molecule has 0 radical (unpaired) electrons. The first-order chi connectivity index (χ1) is 8.18. The highest BCUT2D eigenvalue weighted by Gasteiger charge is 2.19. The van der Waals surface area contributed by atoms with Gasteiger partial charge in [-0.1, -0.05) is 12.1 Å². The van der Waals surface area contributed by atoms with Gasteiger partial charge in [-0.2, -0.15) is 0 Å². The van der Waals surface area contributed by atoms with Gasteiger partial charge in [0.15, 0.2) is 0 Å². The summed E-state index contributed by atoms with van der Waals surface area (Å²) in [4.78, 5) is 11.9. The van der Waals surface area contributed by atoms with Crippen LogP contribution in [0, 0.1) is 12.7 Å². The zero-order valence-corrected chi connectivity index (χ0v) is 9.83. The van der Waals surface area contributed by atoms with E-state index < -0.39 is 5.82 Å². The number of ether oxygens (including phenoxy) is 1. The number of carbonyl (C=O) groups is 1. The third-order valence-electron chi connectivity index (χ3n) is 2.93. The van der Waals surface area contributed by atoms with Crippen molar-refractivity contribution in [2.75, 3.05) is 13.2 Å². The van der Waals surface area contributed by atoms with Crippen LogP contribution in [0.2, 0.25) is 0 Å². The van der Waals surface area contributed by atoms with E-state index >= 15 is 0 Å². The molecule has 3 nitrogen and oxygen atoms in total. The van der Waals surface area contributed by atoms with Crippen LogP contribution in [0.3, 0.4) is 0 Å². The second kappa shape index (κ2) is 5.27. The van der Waals surface area contributed by atoms with Crippen molar-refractivity contribution in [3.05, 3.63) is 35.1 Å². The minimum atomic E-state index is -0.443. The fourth-order valence-electron chi connectivity index (χ4n) is 1.94. The third kappa shape index (κ3) is 2.82. The summed E-state index contributed by atoms with van der Waals surface area (Å²) in [6, 6.07) is 4.83. The van der Waals surface area contributed by atoms with Crippen LogP contribution in [0.25, 0.3) is 0 Å². The summed E-state index contributed by atoms with van der Waals surface area (Å²) in [6.45, 7) is 2.90. The molecular formula is C13H16FNO2. The molecule has 2 rings (SSSR count). The first-order valence-corrected chi connectivity index (χ1v) is 5.82. The Kier molecular flexibility index (Phi) is 3.74. The van der Waals surface area contributed by atoms with E-state index in [9.17, 15) is 9.18 Å². The average molecular weight is 237 g/mol. The second-order valence-electron chi connectivity index (χ2n) is 4.32. The van der Waals surface area contributed by atoms with Crippen molar-refractivity contribution in [1.82, 2.24) is 5.32 Å². The quantitative estimate of drug-likeness (QED) is 0.854. The first-order valence-electron chi connectivity index (χ1n) is 5.82. The minimum absolute atomic E-state index is 0.00355. The Morgan fingerprint density at radius 1 is 1.53 bits per heavy atom. The highest BCUT2D eigenvalue weighted by atomic mass is 19.1. The summed E-state index contributed by atoms with van der Waals surface area (Å²) in [5, 5.41) is 2.80. The molecule has 1 heterocycles. The molecule has 1 unspecified atom stereocenters. The summed E-state index contributed by atoms with van der Waals surface area (Å²) in [6.07, 6.45) is 1.82. The van der Waals surface area contributed by atoms with Gasteiger partial charge in [-0.25, -0.2) is 4.39 Å². The molecule has 1 amide bonds. The van der Waals surface area contributed by atoms with Crippen molar-refractivity contribution in [1.29, 1.82) is 0 Å². The third-order valence-corrected chi connectivity index (χ3v) is 2.93. The summed E-state index contributed by atoms with van der Waals surface area (Å²) < 4.78 is 19.0. The van der Waals surface area contributed by atoms with Crippen molar-refractivity contribution in [2.24, 2.45) is 0 Å². The number of nitrogens with one attached hydrogen (secondary N) is 1. The zero-order valence-electron chi connectivity index (χ0n) is 9.83. The summed E-state index contributed by atoms with van der Waals surface area (Å²) in [5.41, 5.74) is 0.591. The van der Waals surface area contributed by atoms with Crippen LogP contribution >= 0.6 is 0 Å². The van der Waals surface area contributed by atoms with Gasteiger partial charge in [-0.05, 0) is 31.4 Å². The van der Waals surface area contributed by atoms with Crippen LogP contribution in [0.5, 0.6) is 0 Å². The van der Waals surface area contributed by atoms with Crippen molar-refractivity contribution in [3.8, 4) is 0 Å². The van der Waals surface area contributed by atoms with Gasteiger partial charge in [0.25, 0.3) is 5.91 Å². The van der Waals surface area contributed by atoms with Gasteiger partial charge in [-0.3, -0.25) is 4.79 Å². The normalized spacial score (nSPS) is 20.0. The highest BCUT2D eigenvalue weighted by molar-refractivity contribution is 5.94. The fourth-order valence-corrected chi connectivity index (χ4v) is 1.94. The van der Waals surface area contributed by atoms with Crippen molar-refractivity contribution < 1.29 is 13.9 Å². The van der Waals surface area contributed by atoms with E-state index in [4.69, 9.17) is 4.74 Å². The minimum Gasteiger partial charge on any atom is -0.379 e. The number of aryl methyl sites for hydroxylation is 1. The van der Waals surface area contributed by atoms with E-state index in [1.165, 1.54) is 6.07 Å². The summed E-state index contributed by atoms with van der Waals surface area (Å²) in [5.74, 6) is -0.802. The molecular weight excluding hydrogens is 221 g/mol. The van der Waals surface area contributed by atoms with Crippen LogP contribution in [0.4, 0.5) is 4.39 Å². The molecule has 0 aliphatic carbocycles. The number of hydrogen-bond donors (Lipinski definition) is 1. The Labute approximate surface area is 100.0 Å². The molecule has 0 saturated carbocycles. The SMILES string of the molecule is Cc1cccc(C(=O)NC2CCCOC2)c1F. The summed E-state index contributed by atoms with van der Waals surface area (Å²) in [7, 11) is 0. The molecule has 0 aromatic heterocycles. The van der Waals surface area contributed by atoms with E-state index in [-0.39, 0.29) is 17.5 Å². The monoisotopic (exact) mass is 237 g/mol. The number of benzene rings is 1. The molecule has 0 spiro atoms. The van der Waals surface area contributed by atoms with Gasteiger partial charge >= 0.3 is 0 Å². The lowest BCUT2D eigenvalue weighted by Gasteiger charge is -2.23. The Morgan fingerprint density at radius 3 is 3.06 bits per heavy atom. The lowest BCUT2D eigenvalue weighted by molar-refractivity contribution is 0.0622. The van der Waals surface area contributed by atoms with Gasteiger partial charge in [-0.15, -0.1) is 0 Å². The van der Waals surface area contributed by atoms with Gasteiger partial charge in [0.1, 0.15) is 5.82 Å². The van der Waals surface area contributed by atoms with E-state index in [1.807, 2.05) is 0 Å². The van der Waals surface area contributed by atoms with Crippen LogP contribution in [0.1, 0.15) is 28.8 Å². The molecule has 1 aromatic carbocycles. The molecule has 1 fully saturated rings. The van der Waals surface area contributed by atoms with Crippen LogP contribution < -0.4 is 5.32 Å². The molecule has 1 aromatic rings. The van der Waals surface area contributed by atoms with E-state index in [1.54, 1.807) is 19.1 Å². The Hall–Kier alpha value is -1.42. The first kappa shape index (κ1) is 12.0. The predicted octanol–water partition coefficient (Wildman–Crippen LogP) is 2.04. The van der Waals surface area contributed by atoms with Crippen molar-refractivity contribution >= 4 is 5.91 Å². The number of rotatable bonds is 2. The molecule has 1 aliphatic heterocycles. The number of halogens is 1. The maximum absolute atomic E-state index is 13.7. The molecule has 4 heteroatoms. The van der Waals surface area contributed by atoms with E-state index in [0.717, 1.165) is 19.4 Å². The maximum atomic E-state index is 13.7. The largest absolute Gasteiger partial charge is 0.379 e. The number of hydrogen-bond acceptors (Lipinski definition) is 2. The molecule has 1 saturated heterocycles. The maximum Gasteiger partial charge on any atom is 0.254 e. The Bertz CT molecular complexity index is 414. The van der Waals surface area contributed by atoms with Crippen LogP contribution in [-0.2, 0) is 4.74 Å². The summed E-state index contributed by atoms with van der Waals surface area (Å²) >= 11 is 0. The highest BCUT2D eigenvalue weighted by Crippen LogP contribution is 2.13. The molecule has 92 valence electrons. The lowest BCUT2D eigenvalue weighted by atomic mass is 10.1. The van der Waals surface area contributed by atoms with Crippen LogP contribution in [0.15, 0.2) is 18.2 Å². The van der Waals surface area contributed by atoms with Crippen molar-refractivity contribution in [2.45, 2.75) is 25.8 Å². The average Bonchev–Trinajstić information content (AvgIpc) is 2.34. The molecule has 17 heavy (non-hydrogen) atoms. The number of carbonyl (C=O) groups excluding carboxylic acids is 1. The lowest BCUT2D eigenvalue weighted by Crippen LogP contribution is -2.40. The number of amides is 1. The smallest absolute Gasteiger partial charge is 0.254 e.